The van der Waals surface area contributed by atoms with Crippen LogP contribution in [0.3, 0.4) is 0 Å². The lowest BCUT2D eigenvalue weighted by Gasteiger charge is -2.10. The van der Waals surface area contributed by atoms with Crippen molar-refractivity contribution in [2.45, 2.75) is 20.8 Å². The number of aromatic nitrogens is 1. The van der Waals surface area contributed by atoms with Gasteiger partial charge in [-0.15, -0.1) is 0 Å². The van der Waals surface area contributed by atoms with Gasteiger partial charge in [0.2, 0.25) is 5.91 Å². The Labute approximate surface area is 130 Å². The summed E-state index contributed by atoms with van der Waals surface area (Å²) in [4.78, 5) is 23.3. The van der Waals surface area contributed by atoms with Crippen LogP contribution in [0.1, 0.15) is 28.7 Å². The van der Waals surface area contributed by atoms with Crippen molar-refractivity contribution in [2.75, 3.05) is 13.1 Å². The van der Waals surface area contributed by atoms with Gasteiger partial charge in [0, 0.05) is 29.2 Å². The van der Waals surface area contributed by atoms with E-state index in [0.29, 0.717) is 12.1 Å². The minimum absolute atomic E-state index is 0.00968. The van der Waals surface area contributed by atoms with Gasteiger partial charge in [-0.3, -0.25) is 9.59 Å². The van der Waals surface area contributed by atoms with E-state index in [9.17, 15) is 9.59 Å². The number of rotatable bonds is 5. The monoisotopic (exact) mass is 299 g/mol. The molecule has 1 aromatic carbocycles. The molecule has 0 unspecified atom stereocenters. The number of nitrogens with one attached hydrogen (secondary N) is 2. The van der Waals surface area contributed by atoms with Crippen molar-refractivity contribution in [1.82, 2.24) is 15.2 Å². The van der Waals surface area contributed by atoms with Crippen molar-refractivity contribution in [3.63, 3.8) is 0 Å². The second kappa shape index (κ2) is 6.93. The number of amides is 2. The fraction of sp³-hybridized carbons (Fsp3) is 0.294. The predicted molar refractivity (Wildman–Crippen MR) is 86.3 cm³/mol. The smallest absolute Gasteiger partial charge is 0.251 e. The molecule has 0 radical (unpaired) electrons. The van der Waals surface area contributed by atoms with Gasteiger partial charge >= 0.3 is 0 Å². The van der Waals surface area contributed by atoms with Gasteiger partial charge in [0.05, 0.1) is 6.54 Å². The van der Waals surface area contributed by atoms with Crippen LogP contribution in [0.4, 0.5) is 0 Å². The molecule has 2 rings (SSSR count). The summed E-state index contributed by atoms with van der Waals surface area (Å²) in [6.07, 6.45) is 0. The molecule has 0 bridgehead atoms. The highest BCUT2D eigenvalue weighted by Crippen LogP contribution is 2.16. The van der Waals surface area contributed by atoms with E-state index in [-0.39, 0.29) is 18.4 Å². The van der Waals surface area contributed by atoms with Crippen molar-refractivity contribution >= 4 is 11.8 Å². The number of carbonyl (C=O) groups is 2. The lowest BCUT2D eigenvalue weighted by atomic mass is 10.2. The van der Waals surface area contributed by atoms with Gasteiger partial charge in [-0.25, -0.2) is 0 Å². The van der Waals surface area contributed by atoms with Crippen LogP contribution in [-0.2, 0) is 4.79 Å². The first kappa shape index (κ1) is 15.8. The summed E-state index contributed by atoms with van der Waals surface area (Å²) in [5, 5.41) is 5.24. The average molecular weight is 299 g/mol. The first-order valence-corrected chi connectivity index (χ1v) is 7.33. The maximum absolute atomic E-state index is 12.0. The Hall–Kier alpha value is -2.56. The van der Waals surface area contributed by atoms with Crippen LogP contribution in [0.15, 0.2) is 36.4 Å². The molecule has 0 aliphatic rings. The summed E-state index contributed by atoms with van der Waals surface area (Å²) in [6, 6.07) is 11.5. The molecule has 1 aromatic heterocycles. The van der Waals surface area contributed by atoms with E-state index in [4.69, 9.17) is 0 Å². The lowest BCUT2D eigenvalue weighted by molar-refractivity contribution is -0.120. The molecule has 0 aliphatic carbocycles. The van der Waals surface area contributed by atoms with Crippen molar-refractivity contribution in [2.24, 2.45) is 0 Å². The molecule has 0 atom stereocenters. The normalized spacial score (nSPS) is 10.3. The molecule has 2 amide bonds. The zero-order chi connectivity index (χ0) is 16.1. The number of aryl methyl sites for hydroxylation is 2. The van der Waals surface area contributed by atoms with E-state index in [0.717, 1.165) is 17.1 Å². The molecule has 2 aromatic rings. The second-order valence-electron chi connectivity index (χ2n) is 5.13. The highest BCUT2D eigenvalue weighted by molar-refractivity contribution is 5.96. The van der Waals surface area contributed by atoms with Crippen LogP contribution < -0.4 is 10.6 Å². The SMILES string of the molecule is CCNC(=O)CNC(=O)c1ccc(-n2c(C)ccc2C)cc1. The molecule has 2 N–H and O–H groups in total. The van der Waals surface area contributed by atoms with E-state index in [1.54, 1.807) is 12.1 Å². The molecule has 116 valence electrons. The fourth-order valence-corrected chi connectivity index (χ4v) is 2.36. The van der Waals surface area contributed by atoms with Gasteiger partial charge in [0.15, 0.2) is 0 Å². The number of hydrogen-bond donors (Lipinski definition) is 2. The lowest BCUT2D eigenvalue weighted by Crippen LogP contribution is -2.36. The Kier molecular flexibility index (Phi) is 4.99. The van der Waals surface area contributed by atoms with Crippen molar-refractivity contribution in [3.8, 4) is 5.69 Å². The Balaban J connectivity index is 2.06. The number of likely N-dealkylation sites (N-methyl/N-ethyl adjacent to an activating group) is 1. The zero-order valence-corrected chi connectivity index (χ0v) is 13.1. The quantitative estimate of drug-likeness (QED) is 0.886. The van der Waals surface area contributed by atoms with Crippen molar-refractivity contribution < 1.29 is 9.59 Å². The third-order valence-corrected chi connectivity index (χ3v) is 3.44. The summed E-state index contributed by atoms with van der Waals surface area (Å²) in [7, 11) is 0. The van der Waals surface area contributed by atoms with Crippen LogP contribution in [0.25, 0.3) is 5.69 Å². The first-order chi connectivity index (χ1) is 10.5. The molecule has 22 heavy (non-hydrogen) atoms. The molecular formula is C17H21N3O2. The maximum Gasteiger partial charge on any atom is 0.251 e. The molecule has 5 heteroatoms. The van der Waals surface area contributed by atoms with Gasteiger partial charge in [-0.05, 0) is 57.2 Å². The van der Waals surface area contributed by atoms with Crippen LogP contribution >= 0.6 is 0 Å². The first-order valence-electron chi connectivity index (χ1n) is 7.33. The van der Waals surface area contributed by atoms with E-state index >= 15 is 0 Å². The highest BCUT2D eigenvalue weighted by Gasteiger charge is 2.09. The topological polar surface area (TPSA) is 63.1 Å². The Morgan fingerprint density at radius 1 is 0.955 bits per heavy atom. The Morgan fingerprint density at radius 3 is 2.09 bits per heavy atom. The van der Waals surface area contributed by atoms with E-state index in [1.807, 2.05) is 32.9 Å². The fourth-order valence-electron chi connectivity index (χ4n) is 2.36. The third-order valence-electron chi connectivity index (χ3n) is 3.44. The molecule has 0 fully saturated rings. The van der Waals surface area contributed by atoms with Crippen molar-refractivity contribution in [1.29, 1.82) is 0 Å². The Bertz CT molecular complexity index is 652. The minimum Gasteiger partial charge on any atom is -0.355 e. The van der Waals surface area contributed by atoms with Crippen LogP contribution in [0.2, 0.25) is 0 Å². The predicted octanol–water partition coefficient (Wildman–Crippen LogP) is 1.96. The standard InChI is InChI=1S/C17H21N3O2/c1-4-18-16(21)11-19-17(22)14-7-9-15(10-8-14)20-12(2)5-6-13(20)3/h5-10H,4,11H2,1-3H3,(H,18,21)(H,19,22). The summed E-state index contributed by atoms with van der Waals surface area (Å²) in [5.41, 5.74) is 3.84. The zero-order valence-electron chi connectivity index (χ0n) is 13.1. The van der Waals surface area contributed by atoms with Crippen LogP contribution in [0.5, 0.6) is 0 Å². The molecule has 0 saturated heterocycles. The summed E-state index contributed by atoms with van der Waals surface area (Å²) < 4.78 is 2.12. The molecule has 0 aliphatic heterocycles. The molecule has 0 saturated carbocycles. The van der Waals surface area contributed by atoms with Gasteiger partial charge < -0.3 is 15.2 Å². The second-order valence-corrected chi connectivity index (χ2v) is 5.13. The summed E-state index contributed by atoms with van der Waals surface area (Å²) in [5.74, 6) is -0.440. The van der Waals surface area contributed by atoms with Gasteiger partial charge in [-0.2, -0.15) is 0 Å². The number of benzene rings is 1. The largest absolute Gasteiger partial charge is 0.355 e. The van der Waals surface area contributed by atoms with E-state index in [2.05, 4.69) is 27.3 Å². The summed E-state index contributed by atoms with van der Waals surface area (Å²) >= 11 is 0. The number of nitrogens with zero attached hydrogens (tertiary/aromatic N) is 1. The van der Waals surface area contributed by atoms with E-state index in [1.165, 1.54) is 0 Å². The molecule has 0 spiro atoms. The highest BCUT2D eigenvalue weighted by atomic mass is 16.2. The van der Waals surface area contributed by atoms with Crippen LogP contribution in [-0.4, -0.2) is 29.5 Å². The Morgan fingerprint density at radius 2 is 1.55 bits per heavy atom. The van der Waals surface area contributed by atoms with Crippen molar-refractivity contribution in [3.05, 3.63) is 53.3 Å². The number of carbonyl (C=O) groups excluding carboxylic acids is 2. The minimum atomic E-state index is -0.251. The average Bonchev–Trinajstić information content (AvgIpc) is 2.84. The summed E-state index contributed by atoms with van der Waals surface area (Å²) in [6.45, 7) is 6.47. The molecule has 1 heterocycles. The molecular weight excluding hydrogens is 278 g/mol. The number of hydrogen-bond acceptors (Lipinski definition) is 2. The van der Waals surface area contributed by atoms with Crippen LogP contribution in [0, 0.1) is 13.8 Å². The van der Waals surface area contributed by atoms with Gasteiger partial charge in [-0.1, -0.05) is 0 Å². The third kappa shape index (κ3) is 3.55. The maximum atomic E-state index is 12.0. The van der Waals surface area contributed by atoms with Gasteiger partial charge in [0.1, 0.15) is 0 Å². The molecule has 5 nitrogen and oxygen atoms in total. The van der Waals surface area contributed by atoms with Gasteiger partial charge in [0.25, 0.3) is 5.91 Å². The van der Waals surface area contributed by atoms with E-state index < -0.39 is 0 Å².